The SMILES string of the molecule is Nc1nn2cc(Cl)cnc2c1C(=O)Nc1cnccc1O[C@H]1CCOC1. The number of carbonyl (C=O) groups is 1. The van der Waals surface area contributed by atoms with Crippen molar-refractivity contribution in [2.24, 2.45) is 0 Å². The van der Waals surface area contributed by atoms with Crippen LogP contribution in [-0.4, -0.2) is 44.8 Å². The van der Waals surface area contributed by atoms with E-state index in [2.05, 4.69) is 20.4 Å². The average molecular weight is 375 g/mol. The van der Waals surface area contributed by atoms with Crippen molar-refractivity contribution in [3.05, 3.63) is 41.4 Å². The number of halogens is 1. The van der Waals surface area contributed by atoms with E-state index in [4.69, 9.17) is 26.8 Å². The average Bonchev–Trinajstić information content (AvgIpc) is 3.23. The summed E-state index contributed by atoms with van der Waals surface area (Å²) in [6, 6.07) is 1.69. The lowest BCUT2D eigenvalue weighted by atomic mass is 10.2. The molecule has 3 aromatic rings. The minimum Gasteiger partial charge on any atom is -0.486 e. The fourth-order valence-electron chi connectivity index (χ4n) is 2.70. The highest BCUT2D eigenvalue weighted by Gasteiger charge is 2.22. The van der Waals surface area contributed by atoms with Gasteiger partial charge in [0.1, 0.15) is 23.1 Å². The molecule has 134 valence electrons. The standard InChI is InChI=1S/C16H15ClN6O3/c17-9-5-20-15-13(14(18)22-23(15)7-9)16(24)21-11-6-19-3-1-12(11)26-10-2-4-25-8-10/h1,3,5-7,10H,2,4,8H2,(H2,18,22)(H,21,24)/t10-/m0/s1. The van der Waals surface area contributed by atoms with Crippen LogP contribution in [0.5, 0.6) is 5.75 Å². The van der Waals surface area contributed by atoms with Gasteiger partial charge in [-0.15, -0.1) is 5.10 Å². The number of nitrogens with two attached hydrogens (primary N) is 1. The number of nitrogens with one attached hydrogen (secondary N) is 1. The molecule has 0 bridgehead atoms. The Morgan fingerprint density at radius 3 is 3.15 bits per heavy atom. The van der Waals surface area contributed by atoms with Gasteiger partial charge in [-0.25, -0.2) is 9.50 Å². The smallest absolute Gasteiger partial charge is 0.263 e. The van der Waals surface area contributed by atoms with Crippen LogP contribution in [0.15, 0.2) is 30.9 Å². The number of nitrogens with zero attached hydrogens (tertiary/aromatic N) is 4. The summed E-state index contributed by atoms with van der Waals surface area (Å²) in [5.74, 6) is 0.0931. The molecule has 1 aliphatic rings. The van der Waals surface area contributed by atoms with Crippen molar-refractivity contribution in [2.75, 3.05) is 24.3 Å². The number of anilines is 2. The second kappa shape index (κ2) is 6.77. The molecule has 0 saturated carbocycles. The lowest BCUT2D eigenvalue weighted by molar-refractivity contribution is 0.102. The van der Waals surface area contributed by atoms with E-state index in [0.717, 1.165) is 6.42 Å². The number of carbonyl (C=O) groups excluding carboxylic acids is 1. The molecule has 26 heavy (non-hydrogen) atoms. The predicted molar refractivity (Wildman–Crippen MR) is 94.5 cm³/mol. The molecular weight excluding hydrogens is 360 g/mol. The largest absolute Gasteiger partial charge is 0.486 e. The van der Waals surface area contributed by atoms with Crippen LogP contribution in [0.1, 0.15) is 16.8 Å². The Morgan fingerprint density at radius 1 is 1.46 bits per heavy atom. The van der Waals surface area contributed by atoms with Gasteiger partial charge < -0.3 is 20.5 Å². The number of aromatic nitrogens is 4. The predicted octanol–water partition coefficient (Wildman–Crippen LogP) is 1.78. The van der Waals surface area contributed by atoms with Crippen LogP contribution in [-0.2, 0) is 4.74 Å². The number of amides is 1. The van der Waals surface area contributed by atoms with E-state index in [1.807, 2.05) is 0 Å². The van der Waals surface area contributed by atoms with Crippen LogP contribution in [0, 0.1) is 0 Å². The Kier molecular flexibility index (Phi) is 4.31. The van der Waals surface area contributed by atoms with E-state index in [9.17, 15) is 4.79 Å². The van der Waals surface area contributed by atoms with E-state index >= 15 is 0 Å². The summed E-state index contributed by atoms with van der Waals surface area (Å²) in [7, 11) is 0. The van der Waals surface area contributed by atoms with Crippen molar-refractivity contribution in [1.82, 2.24) is 19.6 Å². The molecular formula is C16H15ClN6O3. The molecule has 4 rings (SSSR count). The Balaban J connectivity index is 1.62. The molecule has 3 aromatic heterocycles. The summed E-state index contributed by atoms with van der Waals surface area (Å²) in [6.07, 6.45) is 6.78. The first-order chi connectivity index (χ1) is 12.6. The number of nitrogen functional groups attached to an aromatic ring is 1. The summed E-state index contributed by atoms with van der Waals surface area (Å²) < 4.78 is 12.6. The van der Waals surface area contributed by atoms with Gasteiger partial charge in [0, 0.05) is 24.9 Å². The number of hydrogen-bond acceptors (Lipinski definition) is 7. The van der Waals surface area contributed by atoms with Crippen molar-refractivity contribution < 1.29 is 14.3 Å². The number of ether oxygens (including phenoxy) is 2. The summed E-state index contributed by atoms with van der Waals surface area (Å²) in [5.41, 5.74) is 6.78. The van der Waals surface area contributed by atoms with Crippen molar-refractivity contribution in [1.29, 1.82) is 0 Å². The zero-order valence-electron chi connectivity index (χ0n) is 13.6. The zero-order chi connectivity index (χ0) is 18.1. The van der Waals surface area contributed by atoms with Gasteiger partial charge in [0.2, 0.25) is 0 Å². The first-order valence-electron chi connectivity index (χ1n) is 7.91. The minimum absolute atomic E-state index is 0.0489. The molecule has 1 aliphatic heterocycles. The first-order valence-corrected chi connectivity index (χ1v) is 8.29. The quantitative estimate of drug-likeness (QED) is 0.714. The van der Waals surface area contributed by atoms with Crippen molar-refractivity contribution >= 4 is 34.7 Å². The molecule has 0 radical (unpaired) electrons. The summed E-state index contributed by atoms with van der Waals surface area (Å²) in [5, 5.41) is 7.21. The van der Waals surface area contributed by atoms with Crippen molar-refractivity contribution in [3.63, 3.8) is 0 Å². The third-order valence-corrected chi connectivity index (χ3v) is 4.10. The van der Waals surface area contributed by atoms with Crippen LogP contribution in [0.2, 0.25) is 5.02 Å². The number of pyridine rings is 1. The van der Waals surface area contributed by atoms with E-state index < -0.39 is 5.91 Å². The Bertz CT molecular complexity index is 970. The van der Waals surface area contributed by atoms with Gasteiger partial charge in [0.05, 0.1) is 30.6 Å². The second-order valence-corrected chi connectivity index (χ2v) is 6.17. The topological polar surface area (TPSA) is 117 Å². The van der Waals surface area contributed by atoms with Crippen LogP contribution in [0.3, 0.4) is 0 Å². The molecule has 9 nitrogen and oxygen atoms in total. The van der Waals surface area contributed by atoms with E-state index in [1.54, 1.807) is 12.3 Å². The second-order valence-electron chi connectivity index (χ2n) is 5.73. The maximum atomic E-state index is 12.8. The summed E-state index contributed by atoms with van der Waals surface area (Å²) in [6.45, 7) is 1.17. The molecule has 0 spiro atoms. The maximum Gasteiger partial charge on any atom is 0.263 e. The van der Waals surface area contributed by atoms with Gasteiger partial charge in [-0.1, -0.05) is 11.6 Å². The molecule has 1 saturated heterocycles. The van der Waals surface area contributed by atoms with Gasteiger partial charge in [0.15, 0.2) is 11.5 Å². The fraction of sp³-hybridized carbons (Fsp3) is 0.250. The van der Waals surface area contributed by atoms with Crippen LogP contribution in [0.25, 0.3) is 5.65 Å². The molecule has 3 N–H and O–H groups in total. The molecule has 0 unspecified atom stereocenters. The fourth-order valence-corrected chi connectivity index (χ4v) is 2.84. The Labute approximate surface area is 153 Å². The third-order valence-electron chi connectivity index (χ3n) is 3.91. The summed E-state index contributed by atoms with van der Waals surface area (Å²) >= 11 is 5.89. The monoisotopic (exact) mass is 374 g/mol. The number of hydrogen-bond donors (Lipinski definition) is 2. The normalized spacial score (nSPS) is 16.7. The van der Waals surface area contributed by atoms with Gasteiger partial charge in [-0.3, -0.25) is 9.78 Å². The first kappa shape index (κ1) is 16.6. The van der Waals surface area contributed by atoms with Crippen LogP contribution in [0.4, 0.5) is 11.5 Å². The molecule has 1 fully saturated rings. The number of rotatable bonds is 4. The van der Waals surface area contributed by atoms with Crippen molar-refractivity contribution in [2.45, 2.75) is 12.5 Å². The van der Waals surface area contributed by atoms with Gasteiger partial charge in [-0.2, -0.15) is 0 Å². The van der Waals surface area contributed by atoms with E-state index in [0.29, 0.717) is 35.3 Å². The Hall–Kier alpha value is -2.91. The van der Waals surface area contributed by atoms with Crippen LogP contribution < -0.4 is 15.8 Å². The van der Waals surface area contributed by atoms with Crippen molar-refractivity contribution in [3.8, 4) is 5.75 Å². The van der Waals surface area contributed by atoms with E-state index in [1.165, 1.54) is 23.1 Å². The van der Waals surface area contributed by atoms with Gasteiger partial charge >= 0.3 is 0 Å². The highest BCUT2D eigenvalue weighted by atomic mass is 35.5. The van der Waals surface area contributed by atoms with E-state index in [-0.39, 0.29) is 17.5 Å². The molecule has 1 amide bonds. The lowest BCUT2D eigenvalue weighted by Crippen LogP contribution is -2.19. The Morgan fingerprint density at radius 2 is 2.35 bits per heavy atom. The molecule has 0 aliphatic carbocycles. The summed E-state index contributed by atoms with van der Waals surface area (Å²) in [4.78, 5) is 20.9. The lowest BCUT2D eigenvalue weighted by Gasteiger charge is -2.15. The third kappa shape index (κ3) is 3.14. The molecule has 0 aromatic carbocycles. The molecule has 10 heteroatoms. The highest BCUT2D eigenvalue weighted by Crippen LogP contribution is 2.27. The maximum absolute atomic E-state index is 12.8. The zero-order valence-corrected chi connectivity index (χ0v) is 14.3. The molecule has 4 heterocycles. The van der Waals surface area contributed by atoms with Crippen LogP contribution >= 0.6 is 11.6 Å². The van der Waals surface area contributed by atoms with Gasteiger partial charge in [-0.05, 0) is 0 Å². The minimum atomic E-state index is -0.465. The number of fused-ring (bicyclic) bond motifs is 1. The highest BCUT2D eigenvalue weighted by molar-refractivity contribution is 6.30. The molecule has 1 atom stereocenters. The van der Waals surface area contributed by atoms with Gasteiger partial charge in [0.25, 0.3) is 5.91 Å².